The molecule has 2 aromatic rings. The molecule has 1 amide bonds. The summed E-state index contributed by atoms with van der Waals surface area (Å²) in [6, 6.07) is 11.0. The van der Waals surface area contributed by atoms with Crippen LogP contribution in [0.25, 0.3) is 0 Å². The van der Waals surface area contributed by atoms with Crippen LogP contribution >= 0.6 is 11.8 Å². The predicted molar refractivity (Wildman–Crippen MR) is 132 cm³/mol. The maximum atomic E-state index is 12.7. The second-order valence-corrected chi connectivity index (χ2v) is 11.5. The van der Waals surface area contributed by atoms with Gasteiger partial charge in [0.15, 0.2) is 26.5 Å². The van der Waals surface area contributed by atoms with E-state index in [9.17, 15) is 13.2 Å². The molecule has 33 heavy (non-hydrogen) atoms. The summed E-state index contributed by atoms with van der Waals surface area (Å²) in [6.45, 7) is 2.43. The number of thioether (sulfide) groups is 1. The first-order valence-electron chi connectivity index (χ1n) is 10.6. The number of nitrogens with one attached hydrogen (secondary N) is 2. The van der Waals surface area contributed by atoms with Crippen LogP contribution in [-0.4, -0.2) is 63.1 Å². The molecule has 1 fully saturated rings. The first-order chi connectivity index (χ1) is 15.8. The van der Waals surface area contributed by atoms with Gasteiger partial charge in [0.2, 0.25) is 0 Å². The highest BCUT2D eigenvalue weighted by molar-refractivity contribution is 8.15. The van der Waals surface area contributed by atoms with Crippen LogP contribution in [0.4, 0.5) is 5.69 Å². The summed E-state index contributed by atoms with van der Waals surface area (Å²) in [4.78, 5) is 17.2. The molecule has 2 aromatic carbocycles. The Morgan fingerprint density at radius 3 is 2.64 bits per heavy atom. The summed E-state index contributed by atoms with van der Waals surface area (Å²) in [5.41, 5.74) is 3.34. The minimum Gasteiger partial charge on any atom is -0.493 e. The van der Waals surface area contributed by atoms with E-state index in [2.05, 4.69) is 15.6 Å². The smallest absolute Gasteiger partial charge is 0.251 e. The highest BCUT2D eigenvalue weighted by Crippen LogP contribution is 2.35. The minimum atomic E-state index is -2.99. The van der Waals surface area contributed by atoms with E-state index in [1.165, 1.54) is 11.8 Å². The number of aliphatic imine (C=N–C) groups is 1. The van der Waals surface area contributed by atoms with Gasteiger partial charge in [0.1, 0.15) is 0 Å². The van der Waals surface area contributed by atoms with Gasteiger partial charge in [-0.2, -0.15) is 0 Å². The quantitative estimate of drug-likeness (QED) is 0.616. The summed E-state index contributed by atoms with van der Waals surface area (Å²) in [6.07, 6.45) is 0.655. The molecule has 10 heteroatoms. The Morgan fingerprint density at radius 1 is 1.12 bits per heavy atom. The van der Waals surface area contributed by atoms with Crippen molar-refractivity contribution in [3.63, 3.8) is 0 Å². The number of methoxy groups -OCH3 is 2. The number of benzene rings is 2. The second-order valence-electron chi connectivity index (χ2n) is 8.08. The van der Waals surface area contributed by atoms with Crippen LogP contribution in [0.1, 0.15) is 21.5 Å². The zero-order valence-electron chi connectivity index (χ0n) is 18.8. The number of anilines is 1. The number of sulfone groups is 1. The van der Waals surface area contributed by atoms with E-state index in [0.717, 1.165) is 16.8 Å². The van der Waals surface area contributed by atoms with Gasteiger partial charge in [0, 0.05) is 23.0 Å². The van der Waals surface area contributed by atoms with E-state index < -0.39 is 9.84 Å². The number of amides is 1. The molecule has 2 atom stereocenters. The molecule has 0 bridgehead atoms. The van der Waals surface area contributed by atoms with Gasteiger partial charge in [0.05, 0.1) is 31.8 Å². The normalized spacial score (nSPS) is 20.6. The SMILES string of the molecule is COc1ccc(CCNC(=O)c2ccc(C)c(NC3=N[C@@H]4CS(=O)(=O)C[C@@H]4S3)c2)cc1OC. The van der Waals surface area contributed by atoms with Crippen molar-refractivity contribution in [2.45, 2.75) is 24.6 Å². The van der Waals surface area contributed by atoms with Crippen LogP contribution in [0.5, 0.6) is 11.5 Å². The third-order valence-corrected chi connectivity index (χ3v) is 8.85. The van der Waals surface area contributed by atoms with Crippen molar-refractivity contribution in [1.82, 2.24) is 5.32 Å². The van der Waals surface area contributed by atoms with E-state index in [1.807, 2.05) is 31.2 Å². The minimum absolute atomic E-state index is 0.0270. The lowest BCUT2D eigenvalue weighted by Crippen LogP contribution is -2.26. The summed E-state index contributed by atoms with van der Waals surface area (Å²) in [7, 11) is 0.201. The van der Waals surface area contributed by atoms with Crippen molar-refractivity contribution >= 4 is 38.4 Å². The molecule has 0 saturated carbocycles. The fourth-order valence-corrected chi connectivity index (χ4v) is 7.56. The number of nitrogens with zero attached hydrogens (tertiary/aromatic N) is 1. The molecule has 2 N–H and O–H groups in total. The highest BCUT2D eigenvalue weighted by Gasteiger charge is 2.42. The molecule has 1 saturated heterocycles. The summed E-state index contributed by atoms with van der Waals surface area (Å²) in [5.74, 6) is 1.43. The van der Waals surface area contributed by atoms with E-state index in [-0.39, 0.29) is 28.7 Å². The Bertz CT molecular complexity index is 1200. The number of hydrogen-bond acceptors (Lipinski definition) is 8. The fraction of sp³-hybridized carbons (Fsp3) is 0.391. The summed E-state index contributed by atoms with van der Waals surface area (Å²) < 4.78 is 34.1. The average Bonchev–Trinajstić information content (AvgIpc) is 3.27. The number of hydrogen-bond donors (Lipinski definition) is 2. The summed E-state index contributed by atoms with van der Waals surface area (Å²) in [5, 5.41) is 6.91. The van der Waals surface area contributed by atoms with Gasteiger partial charge in [0.25, 0.3) is 5.91 Å². The zero-order chi connectivity index (χ0) is 23.6. The Morgan fingerprint density at radius 2 is 1.91 bits per heavy atom. The van der Waals surface area contributed by atoms with E-state index in [0.29, 0.717) is 35.2 Å². The van der Waals surface area contributed by atoms with Crippen molar-refractivity contribution in [3.05, 3.63) is 53.1 Å². The number of carbonyl (C=O) groups is 1. The van der Waals surface area contributed by atoms with Gasteiger partial charge in [-0.3, -0.25) is 9.79 Å². The topological polar surface area (TPSA) is 106 Å². The zero-order valence-corrected chi connectivity index (χ0v) is 20.4. The predicted octanol–water partition coefficient (Wildman–Crippen LogP) is 2.67. The van der Waals surface area contributed by atoms with Crippen LogP contribution in [0, 0.1) is 6.92 Å². The van der Waals surface area contributed by atoms with Gasteiger partial charge in [-0.1, -0.05) is 23.9 Å². The van der Waals surface area contributed by atoms with Gasteiger partial charge >= 0.3 is 0 Å². The monoisotopic (exact) mass is 489 g/mol. The van der Waals surface area contributed by atoms with Crippen molar-refractivity contribution in [2.24, 2.45) is 4.99 Å². The number of amidine groups is 1. The third-order valence-electron chi connectivity index (χ3n) is 5.71. The molecule has 2 aliphatic heterocycles. The molecular formula is C23H27N3O5S2. The molecule has 4 rings (SSSR count). The van der Waals surface area contributed by atoms with Crippen molar-refractivity contribution < 1.29 is 22.7 Å². The van der Waals surface area contributed by atoms with Crippen molar-refractivity contribution in [3.8, 4) is 11.5 Å². The number of ether oxygens (including phenoxy) is 2. The van der Waals surface area contributed by atoms with Crippen molar-refractivity contribution in [2.75, 3.05) is 37.6 Å². The fourth-order valence-electron chi connectivity index (χ4n) is 3.89. The Kier molecular flexibility index (Phi) is 6.85. The first-order valence-corrected chi connectivity index (χ1v) is 13.3. The molecule has 2 heterocycles. The summed E-state index contributed by atoms with van der Waals surface area (Å²) >= 11 is 1.46. The van der Waals surface area contributed by atoms with Crippen molar-refractivity contribution in [1.29, 1.82) is 0 Å². The molecule has 0 aliphatic carbocycles. The van der Waals surface area contributed by atoms with E-state index >= 15 is 0 Å². The van der Waals surface area contributed by atoms with E-state index in [1.54, 1.807) is 26.4 Å². The molecule has 0 aromatic heterocycles. The lowest BCUT2D eigenvalue weighted by Gasteiger charge is -2.12. The van der Waals surface area contributed by atoms with E-state index in [4.69, 9.17) is 9.47 Å². The second kappa shape index (κ2) is 9.64. The third kappa shape index (κ3) is 5.44. The number of fused-ring (bicyclic) bond motifs is 1. The number of carbonyl (C=O) groups excluding carboxylic acids is 1. The highest BCUT2D eigenvalue weighted by atomic mass is 32.2. The Hall–Kier alpha value is -2.72. The number of aryl methyl sites for hydroxylation is 1. The van der Waals surface area contributed by atoms with Gasteiger partial charge in [-0.15, -0.1) is 0 Å². The first kappa shape index (κ1) is 23.4. The molecule has 0 unspecified atom stereocenters. The van der Waals surface area contributed by atoms with Crippen LogP contribution < -0.4 is 20.1 Å². The largest absolute Gasteiger partial charge is 0.493 e. The Labute approximate surface area is 198 Å². The van der Waals surface area contributed by atoms with Gasteiger partial charge in [-0.25, -0.2) is 8.42 Å². The lowest BCUT2D eigenvalue weighted by molar-refractivity contribution is 0.0954. The molecule has 0 radical (unpaired) electrons. The molecule has 2 aliphatic rings. The van der Waals surface area contributed by atoms with Crippen LogP contribution in [-0.2, 0) is 16.3 Å². The van der Waals surface area contributed by atoms with Crippen LogP contribution in [0.2, 0.25) is 0 Å². The maximum Gasteiger partial charge on any atom is 0.251 e. The molecule has 8 nitrogen and oxygen atoms in total. The van der Waals surface area contributed by atoms with Crippen LogP contribution in [0.15, 0.2) is 41.4 Å². The Balaban J connectivity index is 1.36. The maximum absolute atomic E-state index is 12.7. The van der Waals surface area contributed by atoms with Crippen LogP contribution in [0.3, 0.4) is 0 Å². The number of rotatable bonds is 7. The standard InChI is InChI=1S/C23H27N3O5S2/c1-14-4-6-16(11-17(14)25-23-26-18-12-33(28,29)13-21(18)32-23)22(27)24-9-8-15-5-7-19(30-2)20(10-15)31-3/h4-7,10-11,18,21H,8-9,12-13H2,1-3H3,(H,24,27)(H,25,26)/t18-,21+/m1/s1. The molecule has 176 valence electrons. The van der Waals surface area contributed by atoms with Gasteiger partial charge < -0.3 is 20.1 Å². The lowest BCUT2D eigenvalue weighted by atomic mass is 10.1. The van der Waals surface area contributed by atoms with Gasteiger partial charge in [-0.05, 0) is 48.7 Å². The average molecular weight is 490 g/mol. The molecular weight excluding hydrogens is 462 g/mol. The molecule has 0 spiro atoms.